The maximum absolute atomic E-state index is 11.5. The molecular formula is C9H12N2O5S. The van der Waals surface area contributed by atoms with Gasteiger partial charge in [-0.3, -0.25) is 15.0 Å². The van der Waals surface area contributed by atoms with Gasteiger partial charge in [-0.05, 0) is 6.92 Å². The van der Waals surface area contributed by atoms with Gasteiger partial charge in [-0.25, -0.2) is 8.42 Å². The van der Waals surface area contributed by atoms with Crippen LogP contribution < -0.4 is 4.89 Å². The van der Waals surface area contributed by atoms with E-state index in [9.17, 15) is 18.5 Å². The fourth-order valence-corrected chi connectivity index (χ4v) is 2.20. The van der Waals surface area contributed by atoms with Gasteiger partial charge in [-0.2, -0.15) is 0 Å². The summed E-state index contributed by atoms with van der Waals surface area (Å²) in [4.78, 5) is 16.5. The summed E-state index contributed by atoms with van der Waals surface area (Å²) in [6.07, 6.45) is 0. The molecule has 1 aromatic carbocycles. The van der Waals surface area contributed by atoms with Crippen molar-refractivity contribution in [3.05, 3.63) is 39.9 Å². The van der Waals surface area contributed by atoms with Crippen molar-refractivity contribution in [3.63, 3.8) is 0 Å². The van der Waals surface area contributed by atoms with Crippen LogP contribution in [0.1, 0.15) is 12.5 Å². The van der Waals surface area contributed by atoms with Crippen LogP contribution in [0.5, 0.6) is 0 Å². The Bertz CT molecular complexity index is 500. The van der Waals surface area contributed by atoms with E-state index in [4.69, 9.17) is 0 Å². The van der Waals surface area contributed by atoms with E-state index in [1.54, 1.807) is 13.0 Å². The first-order chi connectivity index (χ1) is 7.96. The quantitative estimate of drug-likeness (QED) is 0.606. The Kier molecular flexibility index (Phi) is 4.55. The summed E-state index contributed by atoms with van der Waals surface area (Å²) in [7, 11) is -3.73. The zero-order chi connectivity index (χ0) is 12.9. The summed E-state index contributed by atoms with van der Waals surface area (Å²) < 4.78 is 22.9. The van der Waals surface area contributed by atoms with E-state index >= 15 is 0 Å². The molecule has 0 aliphatic rings. The highest BCUT2D eigenvalue weighted by Gasteiger charge is 2.19. The summed E-state index contributed by atoms with van der Waals surface area (Å²) in [6.45, 7) is 1.80. The second-order valence-electron chi connectivity index (χ2n) is 3.16. The summed E-state index contributed by atoms with van der Waals surface area (Å²) in [5.41, 5.74) is -0.112. The van der Waals surface area contributed by atoms with Gasteiger partial charge in [0.25, 0.3) is 5.69 Å². The fourth-order valence-electron chi connectivity index (χ4n) is 1.19. The van der Waals surface area contributed by atoms with E-state index in [0.29, 0.717) is 0 Å². The number of nitro benzene ring substituents is 1. The predicted octanol–water partition coefficient (Wildman–Crippen LogP) is 0.966. The molecular weight excluding hydrogens is 248 g/mol. The molecule has 8 heteroatoms. The average Bonchev–Trinajstić information content (AvgIpc) is 2.26. The van der Waals surface area contributed by atoms with Crippen molar-refractivity contribution in [1.29, 1.82) is 0 Å². The first kappa shape index (κ1) is 13.6. The second kappa shape index (κ2) is 5.71. The summed E-state index contributed by atoms with van der Waals surface area (Å²) in [5.74, 6) is -0.496. The topological polar surface area (TPSA) is 98.5 Å². The van der Waals surface area contributed by atoms with E-state index in [1.165, 1.54) is 18.2 Å². The van der Waals surface area contributed by atoms with Crippen molar-refractivity contribution < 1.29 is 18.2 Å². The zero-order valence-corrected chi connectivity index (χ0v) is 9.94. The molecule has 7 nitrogen and oxygen atoms in total. The first-order valence-corrected chi connectivity index (χ1v) is 6.45. The van der Waals surface area contributed by atoms with Crippen LogP contribution in [0.4, 0.5) is 5.69 Å². The highest BCUT2D eigenvalue weighted by molar-refractivity contribution is 7.88. The molecule has 0 unspecified atom stereocenters. The van der Waals surface area contributed by atoms with Crippen molar-refractivity contribution in [2.75, 3.05) is 6.61 Å². The Hall–Kier alpha value is -1.51. The molecule has 0 atom stereocenters. The van der Waals surface area contributed by atoms with E-state index in [1.807, 2.05) is 4.89 Å². The Morgan fingerprint density at radius 1 is 1.41 bits per heavy atom. The van der Waals surface area contributed by atoms with E-state index in [0.717, 1.165) is 0 Å². The number of hydrogen-bond donors (Lipinski definition) is 1. The molecule has 0 radical (unpaired) electrons. The Morgan fingerprint density at radius 2 is 2.06 bits per heavy atom. The van der Waals surface area contributed by atoms with Gasteiger partial charge in [-0.1, -0.05) is 23.1 Å². The van der Waals surface area contributed by atoms with Gasteiger partial charge in [0.1, 0.15) is 0 Å². The highest BCUT2D eigenvalue weighted by atomic mass is 32.2. The van der Waals surface area contributed by atoms with E-state index in [-0.39, 0.29) is 17.9 Å². The minimum atomic E-state index is -3.73. The third-order valence-electron chi connectivity index (χ3n) is 1.86. The normalized spacial score (nSPS) is 11.4. The standard InChI is InChI=1S/C9H12N2O5S/c1-2-16-10-17(14,15)7-8-5-3-4-6-9(8)11(12)13/h3-6,10H,2,7H2,1H3. The molecule has 0 amide bonds. The molecule has 0 fully saturated rings. The summed E-state index contributed by atoms with van der Waals surface area (Å²) in [5, 5.41) is 10.7. The summed E-state index contributed by atoms with van der Waals surface area (Å²) >= 11 is 0. The zero-order valence-electron chi connectivity index (χ0n) is 9.12. The van der Waals surface area contributed by atoms with E-state index < -0.39 is 20.7 Å². The second-order valence-corrected chi connectivity index (χ2v) is 4.85. The lowest BCUT2D eigenvalue weighted by atomic mass is 10.2. The number of sulfonamides is 1. The van der Waals surface area contributed by atoms with Crippen LogP contribution in [-0.2, 0) is 20.6 Å². The smallest absolute Gasteiger partial charge is 0.273 e. The Balaban J connectivity index is 2.92. The van der Waals surface area contributed by atoms with Gasteiger partial charge in [0.05, 0.1) is 17.3 Å². The van der Waals surface area contributed by atoms with Crippen molar-refractivity contribution in [3.8, 4) is 0 Å². The SMILES string of the molecule is CCONS(=O)(=O)Cc1ccccc1[N+](=O)[O-]. The number of nitrogens with one attached hydrogen (secondary N) is 1. The molecule has 1 aromatic rings. The van der Waals surface area contributed by atoms with Crippen LogP contribution in [0.15, 0.2) is 24.3 Å². The van der Waals surface area contributed by atoms with Crippen molar-refractivity contribution in [2.24, 2.45) is 0 Å². The predicted molar refractivity (Wildman–Crippen MR) is 60.5 cm³/mol. The number of benzene rings is 1. The van der Waals surface area contributed by atoms with Gasteiger partial charge < -0.3 is 0 Å². The monoisotopic (exact) mass is 260 g/mol. The molecule has 94 valence electrons. The van der Waals surface area contributed by atoms with E-state index in [2.05, 4.69) is 4.84 Å². The van der Waals surface area contributed by atoms with Gasteiger partial charge in [0, 0.05) is 11.6 Å². The van der Waals surface area contributed by atoms with Gasteiger partial charge in [0.15, 0.2) is 0 Å². The lowest BCUT2D eigenvalue weighted by Crippen LogP contribution is -2.25. The average molecular weight is 260 g/mol. The molecule has 1 rings (SSSR count). The van der Waals surface area contributed by atoms with Crippen molar-refractivity contribution in [1.82, 2.24) is 4.89 Å². The number of hydrogen-bond acceptors (Lipinski definition) is 5. The lowest BCUT2D eigenvalue weighted by Gasteiger charge is -2.05. The van der Waals surface area contributed by atoms with Crippen LogP contribution in [0.25, 0.3) is 0 Å². The van der Waals surface area contributed by atoms with Gasteiger partial charge in [-0.15, -0.1) is 0 Å². The minimum absolute atomic E-state index is 0.115. The molecule has 1 N–H and O–H groups in total. The molecule has 0 saturated heterocycles. The molecule has 0 spiro atoms. The fraction of sp³-hybridized carbons (Fsp3) is 0.333. The molecule has 0 heterocycles. The van der Waals surface area contributed by atoms with Crippen molar-refractivity contribution >= 4 is 15.7 Å². The van der Waals surface area contributed by atoms with Crippen LogP contribution in [0.3, 0.4) is 0 Å². The number of rotatable bonds is 6. The maximum Gasteiger partial charge on any atom is 0.273 e. The van der Waals surface area contributed by atoms with Gasteiger partial charge in [0.2, 0.25) is 10.0 Å². The third-order valence-corrected chi connectivity index (χ3v) is 2.93. The molecule has 0 aliphatic carbocycles. The largest absolute Gasteiger partial charge is 0.287 e. The molecule has 0 bridgehead atoms. The van der Waals surface area contributed by atoms with Crippen LogP contribution in [0, 0.1) is 10.1 Å². The lowest BCUT2D eigenvalue weighted by molar-refractivity contribution is -0.385. The minimum Gasteiger partial charge on any atom is -0.287 e. The Labute approximate surface area is 98.6 Å². The first-order valence-electron chi connectivity index (χ1n) is 4.80. The third kappa shape index (κ3) is 4.10. The molecule has 0 aromatic heterocycles. The molecule has 0 saturated carbocycles. The molecule has 17 heavy (non-hydrogen) atoms. The van der Waals surface area contributed by atoms with Crippen LogP contribution in [0.2, 0.25) is 0 Å². The maximum atomic E-state index is 11.5. The number of para-hydroxylation sites is 1. The highest BCUT2D eigenvalue weighted by Crippen LogP contribution is 2.19. The van der Waals surface area contributed by atoms with Crippen LogP contribution >= 0.6 is 0 Å². The van der Waals surface area contributed by atoms with Crippen molar-refractivity contribution in [2.45, 2.75) is 12.7 Å². The number of nitrogens with zero attached hydrogens (tertiary/aromatic N) is 1. The molecule has 0 aliphatic heterocycles. The Morgan fingerprint density at radius 3 is 2.65 bits per heavy atom. The number of nitro groups is 1. The van der Waals surface area contributed by atoms with Gasteiger partial charge >= 0.3 is 0 Å². The summed E-state index contributed by atoms with van der Waals surface area (Å²) in [6, 6.07) is 5.66. The van der Waals surface area contributed by atoms with Crippen LogP contribution in [-0.4, -0.2) is 19.9 Å².